The maximum absolute atomic E-state index is 11.7. The second-order valence-electron chi connectivity index (χ2n) is 2.36. The lowest BCUT2D eigenvalue weighted by Gasteiger charge is -1.90. The van der Waals surface area contributed by atoms with E-state index >= 15 is 0 Å². The number of halogens is 2. The second kappa shape index (κ2) is 2.30. The van der Waals surface area contributed by atoms with E-state index in [9.17, 15) is 8.78 Å². The van der Waals surface area contributed by atoms with E-state index in [4.69, 9.17) is 5.26 Å². The molecule has 2 atom stereocenters. The van der Waals surface area contributed by atoms with Gasteiger partial charge >= 0.3 is 0 Å². The third kappa shape index (κ3) is 1.38. The summed E-state index contributed by atoms with van der Waals surface area (Å²) in [6, 6.07) is 1.88. The molecule has 1 rings (SSSR count). The summed E-state index contributed by atoms with van der Waals surface area (Å²) >= 11 is 0. The van der Waals surface area contributed by atoms with E-state index < -0.39 is 12.3 Å². The van der Waals surface area contributed by atoms with Gasteiger partial charge in [-0.05, 0) is 12.3 Å². The van der Waals surface area contributed by atoms with Gasteiger partial charge in [-0.25, -0.2) is 8.78 Å². The molecule has 0 aromatic carbocycles. The van der Waals surface area contributed by atoms with Crippen molar-refractivity contribution in [2.24, 2.45) is 11.8 Å². The van der Waals surface area contributed by atoms with Gasteiger partial charge in [-0.15, -0.1) is 0 Å². The third-order valence-electron chi connectivity index (χ3n) is 1.65. The summed E-state index contributed by atoms with van der Waals surface area (Å²) in [5.74, 6) is -0.473. The van der Waals surface area contributed by atoms with Gasteiger partial charge in [0.05, 0.1) is 6.07 Å². The van der Waals surface area contributed by atoms with Crippen molar-refractivity contribution in [3.8, 4) is 6.07 Å². The van der Waals surface area contributed by atoms with Crippen molar-refractivity contribution in [2.75, 3.05) is 0 Å². The molecule has 0 aliphatic heterocycles. The highest BCUT2D eigenvalue weighted by molar-refractivity contribution is 4.93. The van der Waals surface area contributed by atoms with Crippen LogP contribution in [0.2, 0.25) is 0 Å². The standard InChI is InChI=1S/C6H7F2N/c7-6(8)5-3-4(5)1-2-9/h4-6H,1,3H2. The van der Waals surface area contributed by atoms with Gasteiger partial charge in [0.1, 0.15) is 0 Å². The zero-order valence-electron chi connectivity index (χ0n) is 4.85. The molecule has 1 nitrogen and oxygen atoms in total. The first-order valence-electron chi connectivity index (χ1n) is 2.91. The number of nitriles is 1. The molecule has 50 valence electrons. The minimum Gasteiger partial charge on any atom is -0.210 e. The van der Waals surface area contributed by atoms with Crippen LogP contribution in [-0.4, -0.2) is 6.43 Å². The SMILES string of the molecule is N#CCC1CC1C(F)F. The van der Waals surface area contributed by atoms with Gasteiger partial charge in [-0.2, -0.15) is 5.26 Å². The molecular formula is C6H7F2N. The van der Waals surface area contributed by atoms with Crippen molar-refractivity contribution in [1.82, 2.24) is 0 Å². The fraction of sp³-hybridized carbons (Fsp3) is 0.833. The third-order valence-corrected chi connectivity index (χ3v) is 1.65. The van der Waals surface area contributed by atoms with Crippen LogP contribution < -0.4 is 0 Å². The van der Waals surface area contributed by atoms with Gasteiger partial charge in [-0.3, -0.25) is 0 Å². The fourth-order valence-corrected chi connectivity index (χ4v) is 0.932. The Morgan fingerprint density at radius 3 is 2.67 bits per heavy atom. The molecule has 9 heavy (non-hydrogen) atoms. The smallest absolute Gasteiger partial charge is 0.210 e. The van der Waals surface area contributed by atoms with Crippen molar-refractivity contribution in [2.45, 2.75) is 19.3 Å². The highest BCUT2D eigenvalue weighted by Crippen LogP contribution is 2.44. The maximum Gasteiger partial charge on any atom is 0.241 e. The minimum atomic E-state index is -2.21. The van der Waals surface area contributed by atoms with Gasteiger partial charge in [0, 0.05) is 12.3 Å². The Morgan fingerprint density at radius 2 is 2.33 bits per heavy atom. The molecule has 0 heterocycles. The highest BCUT2D eigenvalue weighted by Gasteiger charge is 2.43. The predicted octanol–water partition coefficient (Wildman–Crippen LogP) is 1.80. The van der Waals surface area contributed by atoms with Crippen LogP contribution in [0.5, 0.6) is 0 Å². The van der Waals surface area contributed by atoms with Crippen molar-refractivity contribution in [3.05, 3.63) is 0 Å². The van der Waals surface area contributed by atoms with Crippen molar-refractivity contribution in [3.63, 3.8) is 0 Å². The molecule has 1 fully saturated rings. The molecule has 1 aliphatic rings. The Morgan fingerprint density at radius 1 is 1.67 bits per heavy atom. The summed E-state index contributed by atoms with van der Waals surface area (Å²) in [6.07, 6.45) is -1.36. The highest BCUT2D eigenvalue weighted by atomic mass is 19.3. The summed E-state index contributed by atoms with van der Waals surface area (Å²) in [5, 5.41) is 8.08. The molecule has 0 spiro atoms. The first kappa shape index (κ1) is 6.47. The molecule has 0 N–H and O–H groups in total. The van der Waals surface area contributed by atoms with Crippen LogP contribution in [0.3, 0.4) is 0 Å². The first-order valence-corrected chi connectivity index (χ1v) is 2.91. The topological polar surface area (TPSA) is 23.8 Å². The summed E-state index contributed by atoms with van der Waals surface area (Å²) in [7, 11) is 0. The Bertz CT molecular complexity index is 138. The minimum absolute atomic E-state index is 0.00463. The number of nitrogens with zero attached hydrogens (tertiary/aromatic N) is 1. The predicted molar refractivity (Wildman–Crippen MR) is 27.8 cm³/mol. The molecular weight excluding hydrogens is 124 g/mol. The number of rotatable bonds is 2. The van der Waals surface area contributed by atoms with Crippen LogP contribution in [-0.2, 0) is 0 Å². The summed E-state index contributed by atoms with van der Waals surface area (Å²) < 4.78 is 23.4. The molecule has 1 saturated carbocycles. The summed E-state index contributed by atoms with van der Waals surface area (Å²) in [6.45, 7) is 0. The number of hydrogen-bond acceptors (Lipinski definition) is 1. The van der Waals surface area contributed by atoms with Crippen molar-refractivity contribution < 1.29 is 8.78 Å². The fourth-order valence-electron chi connectivity index (χ4n) is 0.932. The summed E-state index contributed by atoms with van der Waals surface area (Å²) in [4.78, 5) is 0. The normalized spacial score (nSPS) is 32.2. The largest absolute Gasteiger partial charge is 0.241 e. The lowest BCUT2D eigenvalue weighted by atomic mass is 10.2. The van der Waals surface area contributed by atoms with E-state index in [1.54, 1.807) is 0 Å². The van der Waals surface area contributed by atoms with Crippen LogP contribution in [0.4, 0.5) is 8.78 Å². The van der Waals surface area contributed by atoms with E-state index in [-0.39, 0.29) is 5.92 Å². The van der Waals surface area contributed by atoms with Crippen LogP contribution >= 0.6 is 0 Å². The van der Waals surface area contributed by atoms with E-state index in [0.29, 0.717) is 12.8 Å². The zero-order chi connectivity index (χ0) is 6.85. The molecule has 0 saturated heterocycles. The molecule has 0 radical (unpaired) electrons. The Labute approximate surface area is 52.3 Å². The van der Waals surface area contributed by atoms with E-state index in [1.807, 2.05) is 6.07 Å². The Balaban J connectivity index is 2.19. The van der Waals surface area contributed by atoms with E-state index in [1.165, 1.54) is 0 Å². The van der Waals surface area contributed by atoms with Crippen LogP contribution in [0, 0.1) is 23.2 Å². The first-order chi connectivity index (χ1) is 4.25. The second-order valence-corrected chi connectivity index (χ2v) is 2.36. The molecule has 1 aliphatic carbocycles. The zero-order valence-corrected chi connectivity index (χ0v) is 4.85. The van der Waals surface area contributed by atoms with E-state index in [0.717, 1.165) is 0 Å². The van der Waals surface area contributed by atoms with Gasteiger partial charge in [0.2, 0.25) is 6.43 Å². The monoisotopic (exact) mass is 131 g/mol. The Kier molecular flexibility index (Phi) is 1.65. The van der Waals surface area contributed by atoms with Crippen LogP contribution in [0.25, 0.3) is 0 Å². The lowest BCUT2D eigenvalue weighted by molar-refractivity contribution is 0.116. The maximum atomic E-state index is 11.7. The average Bonchev–Trinajstić information content (AvgIpc) is 2.47. The molecule has 0 bridgehead atoms. The van der Waals surface area contributed by atoms with Crippen molar-refractivity contribution in [1.29, 1.82) is 5.26 Å². The van der Waals surface area contributed by atoms with Gasteiger partial charge in [0.15, 0.2) is 0 Å². The summed E-state index contributed by atoms with van der Waals surface area (Å²) in [5.41, 5.74) is 0. The van der Waals surface area contributed by atoms with Crippen LogP contribution in [0.1, 0.15) is 12.8 Å². The number of hydrogen-bond donors (Lipinski definition) is 0. The van der Waals surface area contributed by atoms with Gasteiger partial charge in [0.25, 0.3) is 0 Å². The molecule has 0 aromatic rings. The molecule has 0 amide bonds. The lowest BCUT2D eigenvalue weighted by Crippen LogP contribution is -1.94. The average molecular weight is 131 g/mol. The number of alkyl halides is 2. The quantitative estimate of drug-likeness (QED) is 0.560. The van der Waals surface area contributed by atoms with E-state index in [2.05, 4.69) is 0 Å². The Hall–Kier alpha value is -0.650. The molecule has 3 heteroatoms. The van der Waals surface area contributed by atoms with Crippen LogP contribution in [0.15, 0.2) is 0 Å². The van der Waals surface area contributed by atoms with Gasteiger partial charge in [-0.1, -0.05) is 0 Å². The molecule has 0 aromatic heterocycles. The van der Waals surface area contributed by atoms with Crippen molar-refractivity contribution >= 4 is 0 Å². The van der Waals surface area contributed by atoms with Gasteiger partial charge < -0.3 is 0 Å². The molecule has 2 unspecified atom stereocenters.